The van der Waals surface area contributed by atoms with E-state index in [4.69, 9.17) is 15.9 Å². The summed E-state index contributed by atoms with van der Waals surface area (Å²) in [5.74, 6) is -0.526. The molecule has 62 valence electrons. The van der Waals surface area contributed by atoms with Gasteiger partial charge in [-0.15, -0.1) is 0 Å². The second-order valence-corrected chi connectivity index (χ2v) is 2.46. The average Bonchev–Trinajstić information content (AvgIpc) is 2.39. The highest BCUT2D eigenvalue weighted by atomic mass is 16.4. The maximum absolute atomic E-state index is 10.7. The van der Waals surface area contributed by atoms with Crippen LogP contribution in [0.4, 0.5) is 11.4 Å². The van der Waals surface area contributed by atoms with Gasteiger partial charge in [0.1, 0.15) is 5.52 Å². The molecular formula is C7H7N3O2. The van der Waals surface area contributed by atoms with Gasteiger partial charge >= 0.3 is 5.76 Å². The summed E-state index contributed by atoms with van der Waals surface area (Å²) in [7, 11) is 0. The molecule has 12 heavy (non-hydrogen) atoms. The number of oxazole rings is 1. The molecule has 5 N–H and O–H groups in total. The molecule has 5 nitrogen and oxygen atoms in total. The molecule has 0 saturated carbocycles. The predicted molar refractivity (Wildman–Crippen MR) is 45.7 cm³/mol. The molecule has 1 heterocycles. The second-order valence-electron chi connectivity index (χ2n) is 2.46. The van der Waals surface area contributed by atoms with Crippen molar-refractivity contribution in [2.45, 2.75) is 0 Å². The van der Waals surface area contributed by atoms with Crippen LogP contribution in [0.15, 0.2) is 21.3 Å². The van der Waals surface area contributed by atoms with Crippen LogP contribution in [-0.2, 0) is 0 Å². The zero-order valence-corrected chi connectivity index (χ0v) is 6.13. The number of H-pyrrole nitrogens is 1. The van der Waals surface area contributed by atoms with Gasteiger partial charge in [-0.05, 0) is 12.1 Å². The zero-order chi connectivity index (χ0) is 8.72. The topological polar surface area (TPSA) is 98.0 Å². The van der Waals surface area contributed by atoms with E-state index in [0.717, 1.165) is 0 Å². The Morgan fingerprint density at radius 1 is 1.33 bits per heavy atom. The number of anilines is 2. The number of fused-ring (bicyclic) bond motifs is 1. The molecule has 0 aliphatic carbocycles. The maximum Gasteiger partial charge on any atom is 0.417 e. The van der Waals surface area contributed by atoms with Gasteiger partial charge in [-0.25, -0.2) is 4.79 Å². The lowest BCUT2D eigenvalue weighted by Gasteiger charge is -1.97. The number of aromatic nitrogens is 1. The normalized spacial score (nSPS) is 10.7. The lowest BCUT2D eigenvalue weighted by molar-refractivity contribution is 0.555. The van der Waals surface area contributed by atoms with Crippen molar-refractivity contribution >= 4 is 22.5 Å². The summed E-state index contributed by atoms with van der Waals surface area (Å²) in [5.41, 5.74) is 12.7. The van der Waals surface area contributed by atoms with Crippen LogP contribution >= 0.6 is 0 Å². The van der Waals surface area contributed by atoms with Crippen LogP contribution in [0.25, 0.3) is 11.1 Å². The number of nitrogens with two attached hydrogens (primary N) is 2. The Morgan fingerprint density at radius 2 is 2.08 bits per heavy atom. The van der Waals surface area contributed by atoms with Crippen molar-refractivity contribution in [1.29, 1.82) is 0 Å². The largest absolute Gasteiger partial charge is 0.417 e. The van der Waals surface area contributed by atoms with Gasteiger partial charge in [0.25, 0.3) is 0 Å². The first-order valence-corrected chi connectivity index (χ1v) is 3.35. The van der Waals surface area contributed by atoms with Crippen molar-refractivity contribution < 1.29 is 4.42 Å². The highest BCUT2D eigenvalue weighted by Gasteiger charge is 2.05. The van der Waals surface area contributed by atoms with Gasteiger partial charge < -0.3 is 15.9 Å². The van der Waals surface area contributed by atoms with Crippen molar-refractivity contribution in [2.75, 3.05) is 11.5 Å². The summed E-state index contributed by atoms with van der Waals surface area (Å²) in [6, 6.07) is 3.19. The predicted octanol–water partition coefficient (Wildman–Crippen LogP) is 0.286. The summed E-state index contributed by atoms with van der Waals surface area (Å²) in [4.78, 5) is 13.2. The SMILES string of the molecule is Nc1ccc2oc(=O)[nH]c2c1N. The van der Waals surface area contributed by atoms with Crippen LogP contribution in [0.2, 0.25) is 0 Å². The van der Waals surface area contributed by atoms with E-state index in [-0.39, 0.29) is 0 Å². The molecular weight excluding hydrogens is 158 g/mol. The lowest BCUT2D eigenvalue weighted by atomic mass is 10.2. The minimum atomic E-state index is -0.526. The summed E-state index contributed by atoms with van der Waals surface area (Å²) in [6.07, 6.45) is 0. The van der Waals surface area contributed by atoms with Gasteiger partial charge in [0.05, 0.1) is 11.4 Å². The van der Waals surface area contributed by atoms with Crippen LogP contribution < -0.4 is 17.2 Å². The molecule has 0 atom stereocenters. The molecule has 0 bridgehead atoms. The standard InChI is InChI=1S/C7H7N3O2/c8-3-1-2-4-6(5(3)9)10-7(11)12-4/h1-2H,8-9H2,(H,10,11). The first kappa shape index (κ1) is 6.78. The van der Waals surface area contributed by atoms with E-state index in [1.165, 1.54) is 0 Å². The van der Waals surface area contributed by atoms with E-state index in [1.54, 1.807) is 12.1 Å². The molecule has 0 fully saturated rings. The molecule has 0 radical (unpaired) electrons. The molecule has 0 aliphatic heterocycles. The number of nitrogen functional groups attached to an aromatic ring is 2. The van der Waals surface area contributed by atoms with Gasteiger partial charge in [0.2, 0.25) is 0 Å². The Morgan fingerprint density at radius 3 is 2.83 bits per heavy atom. The van der Waals surface area contributed by atoms with Gasteiger partial charge in [-0.3, -0.25) is 4.98 Å². The Hall–Kier alpha value is -1.91. The molecule has 0 amide bonds. The Bertz CT molecular complexity index is 483. The summed E-state index contributed by atoms with van der Waals surface area (Å²) >= 11 is 0. The molecule has 1 aromatic carbocycles. The fraction of sp³-hybridized carbons (Fsp3) is 0. The number of hydrogen-bond acceptors (Lipinski definition) is 4. The van der Waals surface area contributed by atoms with E-state index in [9.17, 15) is 4.79 Å². The number of rotatable bonds is 0. The molecule has 2 rings (SSSR count). The van der Waals surface area contributed by atoms with Crippen LogP contribution in [-0.4, -0.2) is 4.98 Å². The number of nitrogens with one attached hydrogen (secondary N) is 1. The third-order valence-corrected chi connectivity index (χ3v) is 1.67. The number of benzene rings is 1. The van der Waals surface area contributed by atoms with E-state index in [0.29, 0.717) is 22.5 Å². The smallest absolute Gasteiger partial charge is 0.408 e. The molecule has 0 saturated heterocycles. The minimum absolute atomic E-state index is 0.346. The van der Waals surface area contributed by atoms with E-state index >= 15 is 0 Å². The molecule has 1 aromatic heterocycles. The quantitative estimate of drug-likeness (QED) is 0.488. The Kier molecular flexibility index (Phi) is 1.15. The van der Waals surface area contributed by atoms with Crippen LogP contribution in [0.3, 0.4) is 0 Å². The van der Waals surface area contributed by atoms with Crippen molar-refractivity contribution in [3.63, 3.8) is 0 Å². The van der Waals surface area contributed by atoms with E-state index in [1.807, 2.05) is 0 Å². The van der Waals surface area contributed by atoms with E-state index < -0.39 is 5.76 Å². The zero-order valence-electron chi connectivity index (χ0n) is 6.13. The van der Waals surface area contributed by atoms with Gasteiger partial charge in [0.15, 0.2) is 5.58 Å². The van der Waals surface area contributed by atoms with Gasteiger partial charge in [-0.1, -0.05) is 0 Å². The molecule has 0 unspecified atom stereocenters. The fourth-order valence-corrected chi connectivity index (χ4v) is 1.06. The molecule has 5 heteroatoms. The second kappa shape index (κ2) is 2.04. The van der Waals surface area contributed by atoms with Crippen LogP contribution in [0.1, 0.15) is 0 Å². The van der Waals surface area contributed by atoms with Crippen molar-refractivity contribution in [3.05, 3.63) is 22.7 Å². The van der Waals surface area contributed by atoms with Crippen LogP contribution in [0.5, 0.6) is 0 Å². The van der Waals surface area contributed by atoms with Gasteiger partial charge in [-0.2, -0.15) is 0 Å². The first-order chi connectivity index (χ1) is 5.68. The summed E-state index contributed by atoms with van der Waals surface area (Å²) in [6.45, 7) is 0. The Balaban J connectivity index is 2.99. The summed E-state index contributed by atoms with van der Waals surface area (Å²) < 4.78 is 4.76. The highest BCUT2D eigenvalue weighted by Crippen LogP contribution is 2.23. The van der Waals surface area contributed by atoms with Crippen molar-refractivity contribution in [1.82, 2.24) is 4.98 Å². The third-order valence-electron chi connectivity index (χ3n) is 1.67. The van der Waals surface area contributed by atoms with Crippen LogP contribution in [0, 0.1) is 0 Å². The minimum Gasteiger partial charge on any atom is -0.408 e. The maximum atomic E-state index is 10.7. The fourth-order valence-electron chi connectivity index (χ4n) is 1.06. The Labute approximate surface area is 67.0 Å². The van der Waals surface area contributed by atoms with Crippen molar-refractivity contribution in [3.8, 4) is 0 Å². The van der Waals surface area contributed by atoms with Crippen molar-refractivity contribution in [2.24, 2.45) is 0 Å². The lowest BCUT2D eigenvalue weighted by Crippen LogP contribution is -1.97. The molecule has 0 spiro atoms. The third kappa shape index (κ3) is 0.763. The summed E-state index contributed by atoms with van der Waals surface area (Å²) in [5, 5.41) is 0. The molecule has 2 aromatic rings. The highest BCUT2D eigenvalue weighted by molar-refractivity contribution is 5.92. The first-order valence-electron chi connectivity index (χ1n) is 3.35. The van der Waals surface area contributed by atoms with E-state index in [2.05, 4.69) is 4.98 Å². The monoisotopic (exact) mass is 165 g/mol. The van der Waals surface area contributed by atoms with Gasteiger partial charge in [0, 0.05) is 0 Å². The number of aromatic amines is 1. The average molecular weight is 165 g/mol. The number of hydrogen-bond donors (Lipinski definition) is 3. The molecule has 0 aliphatic rings.